The first-order valence-electron chi connectivity index (χ1n) is 10.9. The van der Waals surface area contributed by atoms with Crippen molar-refractivity contribution < 1.29 is 0 Å². The Morgan fingerprint density at radius 1 is 1.04 bits per heavy atom. The third kappa shape index (κ3) is 6.48. The number of pyridine rings is 1. The highest BCUT2D eigenvalue weighted by molar-refractivity contribution is 5.83. The van der Waals surface area contributed by atoms with Gasteiger partial charge >= 0.3 is 0 Å². The molecule has 5 heteroatoms. The van der Waals surface area contributed by atoms with E-state index in [1.165, 1.54) is 69.1 Å². The third-order valence-electron chi connectivity index (χ3n) is 5.38. The van der Waals surface area contributed by atoms with Crippen molar-refractivity contribution in [2.75, 3.05) is 32.7 Å². The van der Waals surface area contributed by atoms with E-state index in [1.807, 2.05) is 12.3 Å². The van der Waals surface area contributed by atoms with E-state index >= 15 is 0 Å². The van der Waals surface area contributed by atoms with Crippen molar-refractivity contribution in [3.05, 3.63) is 42.1 Å². The van der Waals surface area contributed by atoms with Crippen LogP contribution in [0.15, 0.2) is 41.5 Å². The summed E-state index contributed by atoms with van der Waals surface area (Å²) in [6.45, 7) is 8.49. The van der Waals surface area contributed by atoms with Gasteiger partial charge in [0.25, 0.3) is 0 Å². The Bertz CT molecular complexity index is 731. The number of aliphatic imine (C=N–C) groups is 1. The minimum atomic E-state index is 0.660. The second-order valence-corrected chi connectivity index (χ2v) is 7.57. The summed E-state index contributed by atoms with van der Waals surface area (Å²) < 4.78 is 0. The van der Waals surface area contributed by atoms with E-state index in [-0.39, 0.29) is 0 Å². The first-order valence-corrected chi connectivity index (χ1v) is 10.9. The van der Waals surface area contributed by atoms with Gasteiger partial charge in [-0.1, -0.05) is 31.0 Å². The summed E-state index contributed by atoms with van der Waals surface area (Å²) in [5.74, 6) is 0.902. The Labute approximate surface area is 169 Å². The molecule has 1 aliphatic heterocycles. The molecule has 0 saturated carbocycles. The molecule has 0 amide bonds. The maximum Gasteiger partial charge on any atom is 0.191 e. The number of piperidine rings is 1. The van der Waals surface area contributed by atoms with Gasteiger partial charge in [0.05, 0.1) is 12.1 Å². The number of unbranched alkanes of at least 4 members (excludes halogenated alkanes) is 2. The molecule has 1 aromatic carbocycles. The Morgan fingerprint density at radius 3 is 2.75 bits per heavy atom. The molecule has 2 heterocycles. The predicted octanol–water partition coefficient (Wildman–Crippen LogP) is 3.95. The van der Waals surface area contributed by atoms with Gasteiger partial charge in [-0.2, -0.15) is 0 Å². The average molecular weight is 382 g/mol. The van der Waals surface area contributed by atoms with Crippen LogP contribution in [0.5, 0.6) is 0 Å². The zero-order chi connectivity index (χ0) is 19.4. The smallest absolute Gasteiger partial charge is 0.191 e. The molecule has 0 spiro atoms. The van der Waals surface area contributed by atoms with Gasteiger partial charge in [0, 0.05) is 24.7 Å². The molecule has 152 valence electrons. The van der Waals surface area contributed by atoms with E-state index in [0.717, 1.165) is 24.6 Å². The third-order valence-corrected chi connectivity index (χ3v) is 5.38. The minimum absolute atomic E-state index is 0.660. The molecule has 28 heavy (non-hydrogen) atoms. The van der Waals surface area contributed by atoms with Gasteiger partial charge in [0.1, 0.15) is 0 Å². The van der Waals surface area contributed by atoms with Gasteiger partial charge in [-0.15, -0.1) is 0 Å². The quantitative estimate of drug-likeness (QED) is 0.392. The van der Waals surface area contributed by atoms with Gasteiger partial charge in [-0.3, -0.25) is 4.98 Å². The summed E-state index contributed by atoms with van der Waals surface area (Å²) in [5, 5.41) is 8.03. The maximum absolute atomic E-state index is 4.78. The van der Waals surface area contributed by atoms with E-state index in [4.69, 9.17) is 4.99 Å². The molecule has 3 rings (SSSR count). The largest absolute Gasteiger partial charge is 0.357 e. The normalized spacial score (nSPS) is 15.7. The van der Waals surface area contributed by atoms with E-state index in [0.29, 0.717) is 6.54 Å². The van der Waals surface area contributed by atoms with Crippen molar-refractivity contribution in [1.82, 2.24) is 20.5 Å². The van der Waals surface area contributed by atoms with E-state index < -0.39 is 0 Å². The van der Waals surface area contributed by atoms with Crippen molar-refractivity contribution in [1.29, 1.82) is 0 Å². The Balaban J connectivity index is 1.42. The molecule has 0 unspecified atom stereocenters. The van der Waals surface area contributed by atoms with Crippen molar-refractivity contribution in [2.24, 2.45) is 4.99 Å². The lowest BCUT2D eigenvalue weighted by molar-refractivity contribution is 0.224. The monoisotopic (exact) mass is 381 g/mol. The molecule has 0 radical (unpaired) electrons. The number of rotatable bonds is 9. The number of hydrogen-bond donors (Lipinski definition) is 2. The van der Waals surface area contributed by atoms with Crippen LogP contribution in [-0.2, 0) is 6.54 Å². The summed E-state index contributed by atoms with van der Waals surface area (Å²) in [5.41, 5.74) is 2.24. The summed E-state index contributed by atoms with van der Waals surface area (Å²) in [7, 11) is 0. The molecule has 0 bridgehead atoms. The first kappa shape index (κ1) is 20.6. The Morgan fingerprint density at radius 2 is 1.89 bits per heavy atom. The molecule has 1 aliphatic rings. The summed E-state index contributed by atoms with van der Waals surface area (Å²) in [6.07, 6.45) is 9.83. The first-order chi connectivity index (χ1) is 13.9. The number of nitrogens with zero attached hydrogens (tertiary/aromatic N) is 3. The molecular weight excluding hydrogens is 346 g/mol. The summed E-state index contributed by atoms with van der Waals surface area (Å²) in [6, 6.07) is 10.3. The van der Waals surface area contributed by atoms with Crippen molar-refractivity contribution in [3.63, 3.8) is 0 Å². The number of likely N-dealkylation sites (tertiary alicyclic amines) is 1. The van der Waals surface area contributed by atoms with Gasteiger partial charge in [-0.05, 0) is 69.9 Å². The van der Waals surface area contributed by atoms with Gasteiger partial charge in [0.15, 0.2) is 5.96 Å². The highest BCUT2D eigenvalue weighted by Gasteiger charge is 2.08. The molecule has 2 N–H and O–H groups in total. The summed E-state index contributed by atoms with van der Waals surface area (Å²) >= 11 is 0. The van der Waals surface area contributed by atoms with Crippen LogP contribution < -0.4 is 10.6 Å². The molecule has 5 nitrogen and oxygen atoms in total. The molecule has 0 atom stereocenters. The number of aromatic nitrogens is 1. The molecule has 1 aromatic heterocycles. The van der Waals surface area contributed by atoms with Crippen molar-refractivity contribution >= 4 is 16.9 Å². The Hall–Kier alpha value is -2.14. The van der Waals surface area contributed by atoms with Crippen LogP contribution in [0.4, 0.5) is 0 Å². The number of fused-ring (bicyclic) bond motifs is 1. The Kier molecular flexibility index (Phi) is 8.56. The zero-order valence-corrected chi connectivity index (χ0v) is 17.3. The van der Waals surface area contributed by atoms with Gasteiger partial charge in [-0.25, -0.2) is 4.99 Å². The summed E-state index contributed by atoms with van der Waals surface area (Å²) in [4.78, 5) is 11.8. The predicted molar refractivity (Wildman–Crippen MR) is 119 cm³/mol. The molecule has 2 aromatic rings. The van der Waals surface area contributed by atoms with Crippen molar-refractivity contribution in [3.8, 4) is 0 Å². The van der Waals surface area contributed by atoms with Crippen LogP contribution in [0, 0.1) is 0 Å². The number of guanidine groups is 1. The second-order valence-electron chi connectivity index (χ2n) is 7.57. The van der Waals surface area contributed by atoms with Crippen LogP contribution >= 0.6 is 0 Å². The highest BCUT2D eigenvalue weighted by Crippen LogP contribution is 2.16. The van der Waals surface area contributed by atoms with Crippen LogP contribution in [0.3, 0.4) is 0 Å². The lowest BCUT2D eigenvalue weighted by atomic mass is 10.1. The fraction of sp³-hybridized carbons (Fsp3) is 0.565. The zero-order valence-electron chi connectivity index (χ0n) is 17.3. The number of benzene rings is 1. The molecule has 1 fully saturated rings. The number of hydrogen-bond acceptors (Lipinski definition) is 3. The minimum Gasteiger partial charge on any atom is -0.357 e. The molecule has 0 aliphatic carbocycles. The second kappa shape index (κ2) is 11.6. The lowest BCUT2D eigenvalue weighted by Crippen LogP contribution is -2.37. The maximum atomic E-state index is 4.78. The van der Waals surface area contributed by atoms with E-state index in [1.54, 1.807) is 0 Å². The lowest BCUT2D eigenvalue weighted by Gasteiger charge is -2.26. The SMILES string of the molecule is CCNC(=NCc1ccnc2ccccc12)NCCCCCN1CCCCC1. The average Bonchev–Trinajstić information content (AvgIpc) is 2.75. The topological polar surface area (TPSA) is 52.6 Å². The number of nitrogens with one attached hydrogen (secondary N) is 2. The van der Waals surface area contributed by atoms with Gasteiger partial charge < -0.3 is 15.5 Å². The van der Waals surface area contributed by atoms with Crippen LogP contribution in [0.1, 0.15) is 51.0 Å². The van der Waals surface area contributed by atoms with Crippen LogP contribution in [-0.4, -0.2) is 48.6 Å². The highest BCUT2D eigenvalue weighted by atomic mass is 15.2. The fourth-order valence-electron chi connectivity index (χ4n) is 3.83. The van der Waals surface area contributed by atoms with Crippen LogP contribution in [0.2, 0.25) is 0 Å². The standard InChI is InChI=1S/C23H35N5/c1-2-24-23(26-14-7-3-8-16-28-17-9-4-10-18-28)27-19-20-13-15-25-22-12-6-5-11-21(20)22/h5-6,11-13,15H,2-4,7-10,14,16-19H2,1H3,(H2,24,26,27). The van der Waals surface area contributed by atoms with E-state index in [2.05, 4.69) is 51.7 Å². The van der Waals surface area contributed by atoms with Crippen molar-refractivity contribution in [2.45, 2.75) is 52.0 Å². The van der Waals surface area contributed by atoms with Gasteiger partial charge in [0.2, 0.25) is 0 Å². The fourth-order valence-corrected chi connectivity index (χ4v) is 3.83. The number of para-hydroxylation sites is 1. The van der Waals surface area contributed by atoms with E-state index in [9.17, 15) is 0 Å². The molecule has 1 saturated heterocycles. The molecular formula is C23H35N5. The van der Waals surface area contributed by atoms with Crippen LogP contribution in [0.25, 0.3) is 10.9 Å².